The Morgan fingerprint density at radius 3 is 0.591 bits per heavy atom. The maximum atomic E-state index is 6.31. The highest BCUT2D eigenvalue weighted by Gasteiger charge is 2.36. The second-order valence-corrected chi connectivity index (χ2v) is 55.8. The van der Waals surface area contributed by atoms with Crippen LogP contribution >= 0.6 is 0 Å². The van der Waals surface area contributed by atoms with Gasteiger partial charge in [-0.1, -0.05) is 151 Å². The zero-order valence-electron chi connectivity index (χ0n) is 60.6. The van der Waals surface area contributed by atoms with Crippen LogP contribution in [0.5, 0.6) is 0 Å². The number of ether oxygens (including phenoxy) is 20. The lowest BCUT2D eigenvalue weighted by atomic mass is 10.4. The number of hydrogen-bond donors (Lipinski definition) is 0. The highest BCUT2D eigenvalue weighted by Crippen LogP contribution is 2.39. The Kier molecular flexibility index (Phi) is 50.6. The molecule has 4 aliphatic heterocycles. The molecule has 0 aromatic carbocycles. The molecule has 0 bridgehead atoms. The fourth-order valence-electron chi connectivity index (χ4n) is 12.8. The molecule has 4 rings (SSSR count). The van der Waals surface area contributed by atoms with Gasteiger partial charge in [-0.2, -0.15) is 0 Å². The van der Waals surface area contributed by atoms with E-state index in [1.165, 1.54) is 98.2 Å². The highest BCUT2D eigenvalue weighted by molar-refractivity contribution is 6.82. The van der Waals surface area contributed by atoms with E-state index in [-0.39, 0.29) is 24.4 Å². The number of hydrogen-bond acceptors (Lipinski definition) is 20. The maximum Gasteiger partial charge on any atom is 0.104 e. The largest absolute Gasteiger partial charge is 0.379 e. The third-order valence-corrected chi connectivity index (χ3v) is 37.9. The Labute approximate surface area is 570 Å². The summed E-state index contributed by atoms with van der Waals surface area (Å²) in [6.45, 7) is 41.9. The summed E-state index contributed by atoms with van der Waals surface area (Å²) in [6, 6.07) is 16.6. The topological polar surface area (TPSA) is 185 Å². The molecule has 4 fully saturated rings. The van der Waals surface area contributed by atoms with Crippen LogP contribution in [0.4, 0.5) is 0 Å². The van der Waals surface area contributed by atoms with Gasteiger partial charge in [0.1, 0.15) is 24.4 Å². The van der Waals surface area contributed by atoms with Gasteiger partial charge in [-0.25, -0.2) is 0 Å². The Hall–Kier alpha value is 0.284. The molecule has 0 N–H and O–H groups in total. The standard InChI is InChI=1S/C68H140O20Si5/c1-89(2,45-9-17-77-57-65-61-81-33-29-69-21-25-73-37-41-85-65)49-13-53-93(54-14-50-90(3,4)46-10-18-78-58-66-62-82-34-30-70-22-26-74-38-42-86-66,55-15-51-91(5,6)47-11-19-79-59-67-63-83-35-31-71-23-27-75-39-43-87-67)56-16-52-92(7,8)48-12-20-80-60-68-64-84-36-32-72-24-28-76-40-44-88-68/h65-68H,9-64H2,1-8H3. The SMILES string of the molecule is C[Si](C)(CCCOCC1COCCOCCOCCO1)CCC[Si](CCC[Si](C)(C)CCCOCC1COCCOCCOCCO1)(CCC[Si](C)(C)CCCOCC1COCCOCCOCCO1)CCC[Si](C)(C)CCCOCC1COCCOCCOCCO1. The van der Waals surface area contributed by atoms with Crippen molar-refractivity contribution in [1.29, 1.82) is 0 Å². The van der Waals surface area contributed by atoms with Crippen LogP contribution in [0.1, 0.15) is 51.4 Å². The van der Waals surface area contributed by atoms with Crippen LogP contribution in [0.15, 0.2) is 0 Å². The zero-order chi connectivity index (χ0) is 66.5. The van der Waals surface area contributed by atoms with Crippen molar-refractivity contribution < 1.29 is 94.7 Å². The average Bonchev–Trinajstić information content (AvgIpc) is 2.65. The first-order chi connectivity index (χ1) is 45.1. The summed E-state index contributed by atoms with van der Waals surface area (Å²) in [7, 11) is -7.66. The van der Waals surface area contributed by atoms with Gasteiger partial charge < -0.3 is 94.7 Å². The van der Waals surface area contributed by atoms with Gasteiger partial charge in [-0.3, -0.25) is 0 Å². The van der Waals surface area contributed by atoms with Crippen LogP contribution in [-0.4, -0.2) is 303 Å². The van der Waals surface area contributed by atoms with Crippen molar-refractivity contribution in [2.75, 3.05) is 238 Å². The predicted molar refractivity (Wildman–Crippen MR) is 382 cm³/mol. The average molecular weight is 1420 g/mol. The summed E-state index contributed by atoms with van der Waals surface area (Å²) < 4.78 is 118. The third kappa shape index (κ3) is 48.7. The third-order valence-electron chi connectivity index (χ3n) is 18.5. The molecule has 552 valence electrons. The second kappa shape index (κ2) is 55.0. The van der Waals surface area contributed by atoms with Crippen LogP contribution in [0.25, 0.3) is 0 Å². The van der Waals surface area contributed by atoms with Crippen molar-refractivity contribution in [2.45, 2.75) is 201 Å². The summed E-state index contributed by atoms with van der Waals surface area (Å²) >= 11 is 0. The Morgan fingerprint density at radius 1 is 0.215 bits per heavy atom. The van der Waals surface area contributed by atoms with Crippen molar-refractivity contribution in [3.63, 3.8) is 0 Å². The summed E-state index contributed by atoms with van der Waals surface area (Å²) in [5, 5.41) is 0. The zero-order valence-corrected chi connectivity index (χ0v) is 65.6. The van der Waals surface area contributed by atoms with E-state index in [4.69, 9.17) is 94.7 Å². The first kappa shape index (κ1) is 85.7. The molecule has 4 aliphatic rings. The first-order valence-corrected chi connectivity index (χ1v) is 53.3. The van der Waals surface area contributed by atoms with Gasteiger partial charge in [0.15, 0.2) is 0 Å². The van der Waals surface area contributed by atoms with E-state index in [1.807, 2.05) is 0 Å². The molecule has 0 radical (unpaired) electrons. The van der Waals surface area contributed by atoms with Gasteiger partial charge in [0, 0.05) is 58.7 Å². The van der Waals surface area contributed by atoms with E-state index in [0.29, 0.717) is 211 Å². The van der Waals surface area contributed by atoms with Crippen LogP contribution < -0.4 is 0 Å². The molecular formula is C68H140O20Si5. The van der Waals surface area contributed by atoms with Gasteiger partial charge in [-0.05, 0) is 25.7 Å². The molecule has 25 heteroatoms. The van der Waals surface area contributed by atoms with E-state index >= 15 is 0 Å². The number of rotatable bonds is 40. The van der Waals surface area contributed by atoms with E-state index in [2.05, 4.69) is 52.4 Å². The lowest BCUT2D eigenvalue weighted by Crippen LogP contribution is -2.37. The molecule has 4 atom stereocenters. The van der Waals surface area contributed by atoms with Crippen molar-refractivity contribution in [3.05, 3.63) is 0 Å². The summed E-state index contributed by atoms with van der Waals surface area (Å²) in [5.74, 6) is 0. The lowest BCUT2D eigenvalue weighted by molar-refractivity contribution is -0.0901. The monoisotopic (exact) mass is 1420 g/mol. The molecule has 0 aromatic heterocycles. The minimum Gasteiger partial charge on any atom is -0.379 e. The molecule has 4 saturated heterocycles. The van der Waals surface area contributed by atoms with Gasteiger partial charge in [-0.15, -0.1) is 0 Å². The minimum absolute atomic E-state index is 0.0968. The van der Waals surface area contributed by atoms with Crippen LogP contribution in [0.2, 0.25) is 125 Å². The minimum atomic E-state index is -1.71. The highest BCUT2D eigenvalue weighted by atomic mass is 28.3. The van der Waals surface area contributed by atoms with Crippen molar-refractivity contribution >= 4 is 40.4 Å². The van der Waals surface area contributed by atoms with Gasteiger partial charge in [0.2, 0.25) is 0 Å². The van der Waals surface area contributed by atoms with Crippen LogP contribution in [-0.2, 0) is 94.7 Å². The molecule has 0 spiro atoms. The van der Waals surface area contributed by atoms with Crippen molar-refractivity contribution in [3.8, 4) is 0 Å². The second-order valence-electron chi connectivity index (χ2n) is 29.5. The maximum absolute atomic E-state index is 6.31. The molecule has 0 amide bonds. The van der Waals surface area contributed by atoms with Gasteiger partial charge in [0.05, 0.1) is 219 Å². The molecule has 4 unspecified atom stereocenters. The van der Waals surface area contributed by atoms with Crippen LogP contribution in [0.3, 0.4) is 0 Å². The summed E-state index contributed by atoms with van der Waals surface area (Å²) in [6.07, 6.45) is 9.53. The van der Waals surface area contributed by atoms with E-state index in [0.717, 1.165) is 52.1 Å². The predicted octanol–water partition coefficient (Wildman–Crippen LogP) is 11.3. The van der Waals surface area contributed by atoms with E-state index in [9.17, 15) is 0 Å². The van der Waals surface area contributed by atoms with E-state index < -0.39 is 40.4 Å². The van der Waals surface area contributed by atoms with Crippen molar-refractivity contribution in [2.24, 2.45) is 0 Å². The quantitative estimate of drug-likeness (QED) is 0.0416. The molecule has 0 saturated carbocycles. The normalized spacial score (nSPS) is 23.5. The molecular weight excluding hydrogens is 1280 g/mol. The van der Waals surface area contributed by atoms with E-state index in [1.54, 1.807) is 0 Å². The molecule has 0 aromatic rings. The lowest BCUT2D eigenvalue weighted by Gasteiger charge is -2.36. The Bertz CT molecular complexity index is 1420. The fourth-order valence-corrected chi connectivity index (χ4v) is 29.3. The molecule has 20 nitrogen and oxygen atoms in total. The summed E-state index contributed by atoms with van der Waals surface area (Å²) in [5.41, 5.74) is 0. The smallest absolute Gasteiger partial charge is 0.104 e. The fraction of sp³-hybridized carbons (Fsp3) is 1.00. The molecule has 0 aliphatic carbocycles. The van der Waals surface area contributed by atoms with Gasteiger partial charge >= 0.3 is 0 Å². The van der Waals surface area contributed by atoms with Crippen molar-refractivity contribution in [1.82, 2.24) is 0 Å². The molecule has 4 heterocycles. The first-order valence-electron chi connectivity index (χ1n) is 36.8. The Morgan fingerprint density at radius 2 is 0.387 bits per heavy atom. The molecule has 93 heavy (non-hydrogen) atoms. The Balaban J connectivity index is 1.40. The summed E-state index contributed by atoms with van der Waals surface area (Å²) in [4.78, 5) is 0. The van der Waals surface area contributed by atoms with Gasteiger partial charge in [0.25, 0.3) is 0 Å². The van der Waals surface area contributed by atoms with Crippen LogP contribution in [0, 0.1) is 0 Å².